The number of hydrazone groups is 1. The molecule has 1 saturated carbocycles. The Hall–Kier alpha value is -0.680. The van der Waals surface area contributed by atoms with Crippen LogP contribution in [0.5, 0.6) is 0 Å². The van der Waals surface area contributed by atoms with Gasteiger partial charge in [0.2, 0.25) is 0 Å². The van der Waals surface area contributed by atoms with Gasteiger partial charge in [-0.05, 0) is 42.8 Å². The molecule has 0 aromatic carbocycles. The molecule has 1 fully saturated rings. The van der Waals surface area contributed by atoms with Crippen molar-refractivity contribution in [2.75, 3.05) is 20.3 Å². The van der Waals surface area contributed by atoms with Gasteiger partial charge in [0, 0.05) is 19.4 Å². The molecular weight excluding hydrogens is 246 g/mol. The average Bonchev–Trinajstić information content (AvgIpc) is 2.24. The van der Waals surface area contributed by atoms with Gasteiger partial charge in [0.15, 0.2) is 5.11 Å². The van der Waals surface area contributed by atoms with Crippen LogP contribution in [0, 0.1) is 11.3 Å². The van der Waals surface area contributed by atoms with E-state index in [2.05, 4.69) is 36.6 Å². The SMILES string of the molecule is COCCNC(=S)N/N=C1/C[C@@H](C)CC(C)(C)C1. The number of hydrogen-bond acceptors (Lipinski definition) is 3. The summed E-state index contributed by atoms with van der Waals surface area (Å²) in [6, 6.07) is 0. The monoisotopic (exact) mass is 271 g/mol. The summed E-state index contributed by atoms with van der Waals surface area (Å²) >= 11 is 5.14. The molecule has 0 heterocycles. The molecule has 1 aliphatic rings. The molecule has 4 nitrogen and oxygen atoms in total. The van der Waals surface area contributed by atoms with E-state index >= 15 is 0 Å². The van der Waals surface area contributed by atoms with E-state index < -0.39 is 0 Å². The fraction of sp³-hybridized carbons (Fsp3) is 0.846. The van der Waals surface area contributed by atoms with Crippen LogP contribution in [0.4, 0.5) is 0 Å². The minimum Gasteiger partial charge on any atom is -0.383 e. The molecule has 0 aromatic heterocycles. The quantitative estimate of drug-likeness (QED) is 0.468. The standard InChI is InChI=1S/C13H25N3OS/c1-10-7-11(9-13(2,3)8-10)15-16-12(18)14-5-6-17-4/h10H,5-9H2,1-4H3,(H2,14,16,18)/b15-11-/t10-/m1/s1. The number of ether oxygens (including phenoxy) is 1. The maximum absolute atomic E-state index is 5.14. The van der Waals surface area contributed by atoms with Crippen LogP contribution in [0.1, 0.15) is 40.0 Å². The number of thiocarbonyl (C=S) groups is 1. The lowest BCUT2D eigenvalue weighted by Gasteiger charge is -2.34. The van der Waals surface area contributed by atoms with Crippen LogP contribution in [-0.2, 0) is 4.74 Å². The van der Waals surface area contributed by atoms with Crippen molar-refractivity contribution >= 4 is 23.0 Å². The molecule has 0 radical (unpaired) electrons. The van der Waals surface area contributed by atoms with Gasteiger partial charge in [0.05, 0.1) is 6.61 Å². The van der Waals surface area contributed by atoms with Crippen molar-refractivity contribution in [3.63, 3.8) is 0 Å². The summed E-state index contributed by atoms with van der Waals surface area (Å²) < 4.78 is 4.94. The third-order valence-electron chi connectivity index (χ3n) is 3.08. The molecule has 0 unspecified atom stereocenters. The topological polar surface area (TPSA) is 45.6 Å². The fourth-order valence-electron chi connectivity index (χ4n) is 2.64. The third kappa shape index (κ3) is 5.78. The zero-order valence-corrected chi connectivity index (χ0v) is 12.7. The molecule has 0 saturated heterocycles. The van der Waals surface area contributed by atoms with Gasteiger partial charge in [-0.3, -0.25) is 5.43 Å². The second kappa shape index (κ2) is 7.04. The van der Waals surface area contributed by atoms with E-state index in [1.54, 1.807) is 7.11 Å². The normalized spacial score (nSPS) is 24.9. The molecule has 18 heavy (non-hydrogen) atoms. The van der Waals surface area contributed by atoms with E-state index in [4.69, 9.17) is 17.0 Å². The molecule has 5 heteroatoms. The Kier molecular flexibility index (Phi) is 6.02. The van der Waals surface area contributed by atoms with Gasteiger partial charge in [0.1, 0.15) is 0 Å². The first-order valence-corrected chi connectivity index (χ1v) is 6.92. The van der Waals surface area contributed by atoms with Crippen molar-refractivity contribution in [3.05, 3.63) is 0 Å². The number of nitrogens with one attached hydrogen (secondary N) is 2. The first kappa shape index (κ1) is 15.4. The van der Waals surface area contributed by atoms with Crippen LogP contribution in [0.2, 0.25) is 0 Å². The molecule has 0 aliphatic heterocycles. The second-order valence-electron chi connectivity index (χ2n) is 5.89. The van der Waals surface area contributed by atoms with Crippen molar-refractivity contribution in [1.82, 2.24) is 10.7 Å². The summed E-state index contributed by atoms with van der Waals surface area (Å²) in [5, 5.41) is 8.04. The predicted octanol–water partition coefficient (Wildman–Crippen LogP) is 2.30. The minimum absolute atomic E-state index is 0.350. The number of hydrogen-bond donors (Lipinski definition) is 2. The smallest absolute Gasteiger partial charge is 0.187 e. The van der Waals surface area contributed by atoms with Gasteiger partial charge >= 0.3 is 0 Å². The summed E-state index contributed by atoms with van der Waals surface area (Å²) in [7, 11) is 1.67. The van der Waals surface area contributed by atoms with Gasteiger partial charge in [-0.1, -0.05) is 20.8 Å². The Balaban J connectivity index is 2.39. The van der Waals surface area contributed by atoms with Crippen molar-refractivity contribution in [2.24, 2.45) is 16.4 Å². The molecule has 104 valence electrons. The molecule has 0 aromatic rings. The van der Waals surface area contributed by atoms with E-state index in [0.29, 0.717) is 29.6 Å². The largest absolute Gasteiger partial charge is 0.383 e. The highest BCUT2D eigenvalue weighted by molar-refractivity contribution is 7.80. The number of nitrogens with zero attached hydrogens (tertiary/aromatic N) is 1. The van der Waals surface area contributed by atoms with Gasteiger partial charge in [-0.15, -0.1) is 0 Å². The van der Waals surface area contributed by atoms with E-state index in [-0.39, 0.29) is 0 Å². The van der Waals surface area contributed by atoms with E-state index in [1.165, 1.54) is 12.1 Å². The van der Waals surface area contributed by atoms with E-state index in [9.17, 15) is 0 Å². The van der Waals surface area contributed by atoms with Crippen LogP contribution in [0.3, 0.4) is 0 Å². The van der Waals surface area contributed by atoms with Gasteiger partial charge in [0.25, 0.3) is 0 Å². The molecule has 1 aliphatic carbocycles. The summed E-state index contributed by atoms with van der Waals surface area (Å²) in [5.74, 6) is 0.698. The lowest BCUT2D eigenvalue weighted by atomic mass is 9.72. The fourth-order valence-corrected chi connectivity index (χ4v) is 2.78. The Labute approximate surface area is 116 Å². The molecule has 1 rings (SSSR count). The molecular formula is C13H25N3OS. The number of methoxy groups -OCH3 is 1. The average molecular weight is 271 g/mol. The lowest BCUT2D eigenvalue weighted by Crippen LogP contribution is -2.36. The number of rotatable bonds is 4. The second-order valence-corrected chi connectivity index (χ2v) is 6.30. The first-order valence-electron chi connectivity index (χ1n) is 6.51. The van der Waals surface area contributed by atoms with E-state index in [1.807, 2.05) is 0 Å². The van der Waals surface area contributed by atoms with Crippen LogP contribution in [-0.4, -0.2) is 31.1 Å². The van der Waals surface area contributed by atoms with Crippen LogP contribution < -0.4 is 10.7 Å². The first-order chi connectivity index (χ1) is 8.43. The maximum Gasteiger partial charge on any atom is 0.187 e. The minimum atomic E-state index is 0.350. The summed E-state index contributed by atoms with van der Waals surface area (Å²) in [6.45, 7) is 8.23. The maximum atomic E-state index is 5.14. The highest BCUT2D eigenvalue weighted by Crippen LogP contribution is 2.36. The Morgan fingerprint density at radius 3 is 2.89 bits per heavy atom. The zero-order valence-electron chi connectivity index (χ0n) is 11.9. The summed E-state index contributed by atoms with van der Waals surface area (Å²) in [4.78, 5) is 0. The van der Waals surface area contributed by atoms with Crippen LogP contribution in [0.15, 0.2) is 5.10 Å². The van der Waals surface area contributed by atoms with Crippen molar-refractivity contribution in [2.45, 2.75) is 40.0 Å². The summed E-state index contributed by atoms with van der Waals surface area (Å²) in [6.07, 6.45) is 3.38. The highest BCUT2D eigenvalue weighted by atomic mass is 32.1. The van der Waals surface area contributed by atoms with Gasteiger partial charge in [-0.2, -0.15) is 5.10 Å². The molecule has 0 spiro atoms. The zero-order chi connectivity index (χ0) is 13.6. The van der Waals surface area contributed by atoms with Gasteiger partial charge in [-0.25, -0.2) is 0 Å². The highest BCUT2D eigenvalue weighted by Gasteiger charge is 2.29. The third-order valence-corrected chi connectivity index (χ3v) is 3.31. The molecule has 0 bridgehead atoms. The Morgan fingerprint density at radius 1 is 1.56 bits per heavy atom. The van der Waals surface area contributed by atoms with Crippen LogP contribution in [0.25, 0.3) is 0 Å². The molecule has 1 atom stereocenters. The predicted molar refractivity (Wildman–Crippen MR) is 79.8 cm³/mol. The summed E-state index contributed by atoms with van der Waals surface area (Å²) in [5.41, 5.74) is 4.49. The van der Waals surface area contributed by atoms with E-state index in [0.717, 1.165) is 12.8 Å². The van der Waals surface area contributed by atoms with Crippen molar-refractivity contribution in [3.8, 4) is 0 Å². The molecule has 0 amide bonds. The van der Waals surface area contributed by atoms with Crippen LogP contribution >= 0.6 is 12.2 Å². The lowest BCUT2D eigenvalue weighted by molar-refractivity contribution is 0.204. The molecule has 2 N–H and O–H groups in total. The Bertz CT molecular complexity index is 315. The van der Waals surface area contributed by atoms with Gasteiger partial charge < -0.3 is 10.1 Å². The Morgan fingerprint density at radius 2 is 2.28 bits per heavy atom. The van der Waals surface area contributed by atoms with Crippen molar-refractivity contribution in [1.29, 1.82) is 0 Å². The van der Waals surface area contributed by atoms with Crippen molar-refractivity contribution < 1.29 is 4.74 Å².